The largest absolute Gasteiger partial charge is 0.409 e. The van der Waals surface area contributed by atoms with E-state index < -0.39 is 55.2 Å². The minimum atomic E-state index is -2.23. The van der Waals surface area contributed by atoms with Crippen LogP contribution in [-0.2, 0) is 23.8 Å². The first-order chi connectivity index (χ1) is 20.7. The van der Waals surface area contributed by atoms with Gasteiger partial charge in [0.05, 0.1) is 12.2 Å². The normalized spacial score (nSPS) is 25.4. The van der Waals surface area contributed by atoms with Gasteiger partial charge in [-0.25, -0.2) is 0 Å². The third-order valence-corrected chi connectivity index (χ3v) is 11.9. The highest BCUT2D eigenvalue weighted by Gasteiger charge is 2.58. The molecular formula is C35H54O6SSi3. The highest BCUT2D eigenvalue weighted by Crippen LogP contribution is 2.45. The van der Waals surface area contributed by atoms with Gasteiger partial charge in [0.1, 0.15) is 18.3 Å². The van der Waals surface area contributed by atoms with E-state index in [-0.39, 0.29) is 6.10 Å². The first kappa shape index (κ1) is 36.4. The Balaban J connectivity index is 1.80. The summed E-state index contributed by atoms with van der Waals surface area (Å²) in [5.41, 5.74) is 4.54. The number of thiophene rings is 1. The Labute approximate surface area is 278 Å². The zero-order valence-electron chi connectivity index (χ0n) is 29.2. The van der Waals surface area contributed by atoms with E-state index in [0.717, 1.165) is 26.4 Å². The minimum Gasteiger partial charge on any atom is -0.409 e. The molecule has 4 rings (SSSR count). The summed E-state index contributed by atoms with van der Waals surface area (Å²) >= 11 is 1.58. The van der Waals surface area contributed by atoms with E-state index in [2.05, 4.69) is 103 Å². The van der Waals surface area contributed by atoms with Gasteiger partial charge in [-0.15, -0.1) is 11.3 Å². The van der Waals surface area contributed by atoms with Crippen molar-refractivity contribution in [3.8, 4) is 10.4 Å². The molecule has 6 nitrogen and oxygen atoms in total. The Kier molecular flexibility index (Phi) is 11.0. The molecular weight excluding hydrogens is 633 g/mol. The van der Waals surface area contributed by atoms with Crippen molar-refractivity contribution in [1.82, 2.24) is 0 Å². The summed E-state index contributed by atoms with van der Waals surface area (Å²) in [6.07, 6.45) is -2.35. The molecule has 1 fully saturated rings. The van der Waals surface area contributed by atoms with E-state index in [1.54, 1.807) is 11.3 Å². The van der Waals surface area contributed by atoms with Crippen LogP contribution in [0.15, 0.2) is 54.6 Å². The highest BCUT2D eigenvalue weighted by molar-refractivity contribution is 7.15. The van der Waals surface area contributed by atoms with E-state index in [1.807, 2.05) is 31.2 Å². The summed E-state index contributed by atoms with van der Waals surface area (Å²) < 4.78 is 27.3. The fourth-order valence-corrected chi connectivity index (χ4v) is 10.1. The van der Waals surface area contributed by atoms with Crippen LogP contribution in [0, 0.1) is 13.8 Å². The molecule has 2 heterocycles. The molecule has 1 aliphatic heterocycles. The lowest BCUT2D eigenvalue weighted by molar-refractivity contribution is -0.346. The number of ether oxygens (including phenoxy) is 1. The van der Waals surface area contributed by atoms with E-state index in [1.165, 1.54) is 5.56 Å². The Bertz CT molecular complexity index is 1440. The predicted molar refractivity (Wildman–Crippen MR) is 193 cm³/mol. The third-order valence-electron chi connectivity index (χ3n) is 7.79. The molecule has 0 spiro atoms. The average Bonchev–Trinajstić information content (AvgIpc) is 3.41. The van der Waals surface area contributed by atoms with Crippen molar-refractivity contribution >= 4 is 36.3 Å². The SMILES string of the molecule is CC[C@H]1OC(O)(c2ccc(C)c(C(O)c3ccc(-c4ccc(C)cc4)s3)c2)[C@H](O[Si](C)(C)C)[C@@H](O[Si](C)(C)C)[C@@H]1O[Si](C)(C)C. The third kappa shape index (κ3) is 8.92. The van der Waals surface area contributed by atoms with Gasteiger partial charge in [0.25, 0.3) is 0 Å². The number of benzene rings is 2. The molecule has 0 saturated carbocycles. The zero-order chi connectivity index (χ0) is 33.5. The van der Waals surface area contributed by atoms with Crippen molar-refractivity contribution in [3.05, 3.63) is 81.7 Å². The smallest absolute Gasteiger partial charge is 0.221 e. The summed E-state index contributed by atoms with van der Waals surface area (Å²) in [4.78, 5) is 1.94. The summed E-state index contributed by atoms with van der Waals surface area (Å²) in [6.45, 7) is 25.5. The van der Waals surface area contributed by atoms with E-state index >= 15 is 0 Å². The van der Waals surface area contributed by atoms with Gasteiger partial charge in [-0.2, -0.15) is 0 Å². The molecule has 0 amide bonds. The van der Waals surface area contributed by atoms with Crippen LogP contribution in [0.25, 0.3) is 10.4 Å². The van der Waals surface area contributed by atoms with Gasteiger partial charge in [0, 0.05) is 15.3 Å². The second kappa shape index (κ2) is 13.6. The summed E-state index contributed by atoms with van der Waals surface area (Å²) in [7, 11) is -6.39. The van der Waals surface area contributed by atoms with E-state index in [9.17, 15) is 10.2 Å². The molecule has 45 heavy (non-hydrogen) atoms. The molecule has 0 radical (unpaired) electrons. The van der Waals surface area contributed by atoms with Crippen molar-refractivity contribution in [2.45, 2.75) is 122 Å². The van der Waals surface area contributed by atoms with Crippen molar-refractivity contribution in [1.29, 1.82) is 0 Å². The Hall–Kier alpha value is -1.45. The van der Waals surface area contributed by atoms with Crippen molar-refractivity contribution in [3.63, 3.8) is 0 Å². The van der Waals surface area contributed by atoms with Crippen LogP contribution in [0.4, 0.5) is 0 Å². The molecule has 1 aromatic heterocycles. The second-order valence-electron chi connectivity index (χ2n) is 15.3. The van der Waals surface area contributed by atoms with E-state index in [0.29, 0.717) is 12.0 Å². The van der Waals surface area contributed by atoms with Crippen molar-refractivity contribution < 1.29 is 28.2 Å². The lowest BCUT2D eigenvalue weighted by Gasteiger charge is -2.54. The lowest BCUT2D eigenvalue weighted by Crippen LogP contribution is -2.68. The number of aryl methyl sites for hydroxylation is 2. The minimum absolute atomic E-state index is 0.378. The number of aliphatic hydroxyl groups is 2. The van der Waals surface area contributed by atoms with Gasteiger partial charge in [-0.3, -0.25) is 0 Å². The van der Waals surface area contributed by atoms with Crippen LogP contribution < -0.4 is 0 Å². The van der Waals surface area contributed by atoms with E-state index in [4.69, 9.17) is 18.0 Å². The molecule has 2 aromatic carbocycles. The second-order valence-corrected chi connectivity index (χ2v) is 29.8. The van der Waals surface area contributed by atoms with Crippen molar-refractivity contribution in [2.24, 2.45) is 0 Å². The monoisotopic (exact) mass is 686 g/mol. The van der Waals surface area contributed by atoms with Gasteiger partial charge in [-0.1, -0.05) is 48.9 Å². The van der Waals surface area contributed by atoms with Crippen LogP contribution in [0.3, 0.4) is 0 Å². The summed E-state index contributed by atoms with van der Waals surface area (Å²) in [5, 5.41) is 24.5. The molecule has 2 N–H and O–H groups in total. The van der Waals surface area contributed by atoms with Gasteiger partial charge in [0.15, 0.2) is 25.0 Å². The Morgan fingerprint density at radius 2 is 1.38 bits per heavy atom. The maximum Gasteiger partial charge on any atom is 0.221 e. The number of aliphatic hydroxyl groups excluding tert-OH is 1. The van der Waals surface area contributed by atoms with Crippen LogP contribution in [0.1, 0.15) is 46.6 Å². The first-order valence-corrected chi connectivity index (χ1v) is 27.1. The number of hydrogen-bond acceptors (Lipinski definition) is 7. The molecule has 10 heteroatoms. The molecule has 0 bridgehead atoms. The van der Waals surface area contributed by atoms with Crippen molar-refractivity contribution in [2.75, 3.05) is 0 Å². The molecule has 1 aliphatic rings. The molecule has 3 aromatic rings. The Morgan fingerprint density at radius 1 is 0.800 bits per heavy atom. The summed E-state index contributed by atoms with van der Waals surface area (Å²) in [5.74, 6) is -1.81. The molecule has 248 valence electrons. The summed E-state index contributed by atoms with van der Waals surface area (Å²) in [6, 6.07) is 18.2. The lowest BCUT2D eigenvalue weighted by atomic mass is 9.85. The van der Waals surface area contributed by atoms with Crippen LogP contribution >= 0.6 is 11.3 Å². The zero-order valence-corrected chi connectivity index (χ0v) is 33.0. The topological polar surface area (TPSA) is 77.4 Å². The van der Waals surface area contributed by atoms with Gasteiger partial charge in [-0.05, 0) is 114 Å². The standard InChI is InChI=1S/C35H54O6SSi3/c1-13-28-32(39-43(4,5)6)33(40-44(7,8)9)34(41-45(10,11)12)35(37,38-28)26-19-16-24(3)27(22-26)31(36)30-21-20-29(42-30)25-17-14-23(2)15-18-25/h14-22,28,31-34,36-37H,13H2,1-12H3/t28-,31?,32-,33+,34-,35?/m1/s1. The molecule has 6 atom stereocenters. The molecule has 1 saturated heterocycles. The Morgan fingerprint density at radius 3 is 1.93 bits per heavy atom. The maximum absolute atomic E-state index is 12.8. The fourth-order valence-electron chi connectivity index (χ4n) is 5.82. The highest BCUT2D eigenvalue weighted by atomic mass is 32.1. The number of hydrogen-bond donors (Lipinski definition) is 2. The number of rotatable bonds is 11. The average molecular weight is 687 g/mol. The quantitative estimate of drug-likeness (QED) is 0.197. The van der Waals surface area contributed by atoms with Crippen LogP contribution in [0.2, 0.25) is 58.9 Å². The van der Waals surface area contributed by atoms with Gasteiger partial charge in [0.2, 0.25) is 5.79 Å². The predicted octanol–water partition coefficient (Wildman–Crippen LogP) is 8.73. The molecule has 0 aliphatic carbocycles. The molecule has 2 unspecified atom stereocenters. The maximum atomic E-state index is 12.8. The van der Waals surface area contributed by atoms with Crippen LogP contribution in [-0.4, -0.2) is 59.6 Å². The van der Waals surface area contributed by atoms with Crippen LogP contribution in [0.5, 0.6) is 0 Å². The fraction of sp³-hybridized carbons (Fsp3) is 0.543. The van der Waals surface area contributed by atoms with Gasteiger partial charge < -0.3 is 28.2 Å². The van der Waals surface area contributed by atoms with Gasteiger partial charge >= 0.3 is 0 Å². The first-order valence-electron chi connectivity index (χ1n) is 16.1.